The number of nitrogens with one attached hydrogen (secondary N) is 1. The minimum absolute atomic E-state index is 0.604. The first-order chi connectivity index (χ1) is 8.81. The molecule has 2 rings (SSSR count). The van der Waals surface area contributed by atoms with Crippen molar-refractivity contribution in [3.63, 3.8) is 0 Å². The van der Waals surface area contributed by atoms with E-state index in [0.29, 0.717) is 6.04 Å². The highest BCUT2D eigenvalue weighted by Gasteiger charge is 2.25. The van der Waals surface area contributed by atoms with Gasteiger partial charge in [0.2, 0.25) is 0 Å². The van der Waals surface area contributed by atoms with Gasteiger partial charge in [0.1, 0.15) is 0 Å². The first-order valence-electron chi connectivity index (χ1n) is 7.28. The Hall–Kier alpha value is -0.530. The molecular weight excluding hydrogens is 242 g/mol. The van der Waals surface area contributed by atoms with Crippen LogP contribution in [0.3, 0.4) is 0 Å². The molecule has 18 heavy (non-hydrogen) atoms. The third-order valence-corrected chi connectivity index (χ3v) is 4.39. The van der Waals surface area contributed by atoms with Crippen molar-refractivity contribution in [3.8, 4) is 0 Å². The molecule has 1 saturated carbocycles. The zero-order valence-corrected chi connectivity index (χ0v) is 12.0. The topological polar surface area (TPSA) is 12.0 Å². The van der Waals surface area contributed by atoms with Crippen LogP contribution in [-0.4, -0.2) is 12.6 Å². The summed E-state index contributed by atoms with van der Waals surface area (Å²) in [5.74, 6) is 0.841. The van der Waals surface area contributed by atoms with Gasteiger partial charge < -0.3 is 5.32 Å². The fraction of sp³-hybridized carbons (Fsp3) is 0.625. The van der Waals surface area contributed by atoms with Crippen LogP contribution in [0.15, 0.2) is 24.3 Å². The monoisotopic (exact) mass is 265 g/mol. The van der Waals surface area contributed by atoms with Crippen molar-refractivity contribution < 1.29 is 0 Å². The van der Waals surface area contributed by atoms with Gasteiger partial charge in [-0.15, -0.1) is 0 Å². The van der Waals surface area contributed by atoms with Gasteiger partial charge in [-0.25, -0.2) is 0 Å². The fourth-order valence-corrected chi connectivity index (χ4v) is 3.21. The third-order valence-electron chi connectivity index (χ3n) is 4.02. The summed E-state index contributed by atoms with van der Waals surface area (Å²) in [6.07, 6.45) is 7.84. The average molecular weight is 266 g/mol. The summed E-state index contributed by atoms with van der Waals surface area (Å²) in [6, 6.07) is 8.87. The van der Waals surface area contributed by atoms with E-state index in [1.807, 2.05) is 12.1 Å². The van der Waals surface area contributed by atoms with Gasteiger partial charge >= 0.3 is 0 Å². The molecule has 0 spiro atoms. The van der Waals surface area contributed by atoms with Gasteiger partial charge in [0.15, 0.2) is 0 Å². The molecule has 1 unspecified atom stereocenters. The number of hydrogen-bond acceptors (Lipinski definition) is 1. The van der Waals surface area contributed by atoms with E-state index in [1.54, 1.807) is 0 Å². The van der Waals surface area contributed by atoms with E-state index < -0.39 is 0 Å². The van der Waals surface area contributed by atoms with Gasteiger partial charge in [-0.2, -0.15) is 0 Å². The normalized spacial score (nSPS) is 18.1. The van der Waals surface area contributed by atoms with Gasteiger partial charge in [-0.05, 0) is 49.8 Å². The van der Waals surface area contributed by atoms with E-state index in [0.717, 1.165) is 23.9 Å². The highest BCUT2D eigenvalue weighted by molar-refractivity contribution is 6.31. The molecule has 1 fully saturated rings. The SMILES string of the molecule is CCCNC(Cc1ccccc1Cl)C1CCCC1. The lowest BCUT2D eigenvalue weighted by molar-refractivity contribution is 0.356. The Bertz CT molecular complexity index is 358. The Balaban J connectivity index is 2.02. The van der Waals surface area contributed by atoms with E-state index in [4.69, 9.17) is 11.6 Å². The molecule has 1 N–H and O–H groups in total. The van der Waals surface area contributed by atoms with Crippen LogP contribution in [0.4, 0.5) is 0 Å². The number of benzene rings is 1. The van der Waals surface area contributed by atoms with Crippen molar-refractivity contribution >= 4 is 11.6 Å². The van der Waals surface area contributed by atoms with Crippen molar-refractivity contribution in [2.45, 2.75) is 51.5 Å². The Morgan fingerprint density at radius 1 is 1.28 bits per heavy atom. The fourth-order valence-electron chi connectivity index (χ4n) is 3.00. The Kier molecular flexibility index (Phi) is 5.52. The van der Waals surface area contributed by atoms with E-state index in [-0.39, 0.29) is 0 Å². The predicted molar refractivity (Wildman–Crippen MR) is 79.2 cm³/mol. The van der Waals surface area contributed by atoms with E-state index in [1.165, 1.54) is 37.7 Å². The summed E-state index contributed by atoms with van der Waals surface area (Å²) in [5, 5.41) is 4.64. The van der Waals surface area contributed by atoms with Crippen LogP contribution >= 0.6 is 11.6 Å². The Morgan fingerprint density at radius 3 is 2.67 bits per heavy atom. The van der Waals surface area contributed by atoms with Crippen molar-refractivity contribution in [2.75, 3.05) is 6.54 Å². The smallest absolute Gasteiger partial charge is 0.0438 e. The molecule has 1 nitrogen and oxygen atoms in total. The zero-order valence-electron chi connectivity index (χ0n) is 11.3. The molecular formula is C16H24ClN. The van der Waals surface area contributed by atoms with Crippen LogP contribution in [0, 0.1) is 5.92 Å². The summed E-state index contributed by atoms with van der Waals surface area (Å²) >= 11 is 6.28. The summed E-state index contributed by atoms with van der Waals surface area (Å²) in [4.78, 5) is 0. The maximum Gasteiger partial charge on any atom is 0.0438 e. The summed E-state index contributed by atoms with van der Waals surface area (Å²) in [6.45, 7) is 3.35. The zero-order chi connectivity index (χ0) is 12.8. The van der Waals surface area contributed by atoms with Crippen LogP contribution in [0.5, 0.6) is 0 Å². The van der Waals surface area contributed by atoms with Crippen LogP contribution in [0.25, 0.3) is 0 Å². The molecule has 0 bridgehead atoms. The first kappa shape index (κ1) is 13.9. The molecule has 1 aliphatic rings. The molecule has 0 aromatic heterocycles. The van der Waals surface area contributed by atoms with Crippen LogP contribution in [0.1, 0.15) is 44.6 Å². The third kappa shape index (κ3) is 3.73. The molecule has 1 aliphatic carbocycles. The Morgan fingerprint density at radius 2 is 2.00 bits per heavy atom. The molecule has 1 atom stereocenters. The lowest BCUT2D eigenvalue weighted by atomic mass is 9.92. The number of halogens is 1. The quantitative estimate of drug-likeness (QED) is 0.802. The largest absolute Gasteiger partial charge is 0.313 e. The minimum Gasteiger partial charge on any atom is -0.313 e. The summed E-state index contributed by atoms with van der Waals surface area (Å²) in [7, 11) is 0. The molecule has 0 heterocycles. The van der Waals surface area contributed by atoms with Gasteiger partial charge in [-0.1, -0.05) is 49.6 Å². The van der Waals surface area contributed by atoms with Gasteiger partial charge in [-0.3, -0.25) is 0 Å². The maximum absolute atomic E-state index is 6.28. The molecule has 1 aromatic rings. The molecule has 0 radical (unpaired) electrons. The van der Waals surface area contributed by atoms with E-state index >= 15 is 0 Å². The first-order valence-corrected chi connectivity index (χ1v) is 7.66. The molecule has 2 heteroatoms. The molecule has 0 aliphatic heterocycles. The van der Waals surface area contributed by atoms with Crippen LogP contribution in [0.2, 0.25) is 5.02 Å². The van der Waals surface area contributed by atoms with E-state index in [2.05, 4.69) is 24.4 Å². The number of hydrogen-bond donors (Lipinski definition) is 1. The van der Waals surface area contributed by atoms with E-state index in [9.17, 15) is 0 Å². The molecule has 0 amide bonds. The standard InChI is InChI=1S/C16H24ClN/c1-2-11-18-16(13-7-3-4-8-13)12-14-9-5-6-10-15(14)17/h5-6,9-10,13,16,18H,2-4,7-8,11-12H2,1H3. The maximum atomic E-state index is 6.28. The van der Waals surface area contributed by atoms with Crippen molar-refractivity contribution in [1.29, 1.82) is 0 Å². The van der Waals surface area contributed by atoms with Crippen LogP contribution in [-0.2, 0) is 6.42 Å². The molecule has 0 saturated heterocycles. The lowest BCUT2D eigenvalue weighted by Crippen LogP contribution is -2.37. The molecule has 1 aromatic carbocycles. The van der Waals surface area contributed by atoms with Crippen molar-refractivity contribution in [1.82, 2.24) is 5.32 Å². The second-order valence-corrected chi connectivity index (χ2v) is 5.81. The van der Waals surface area contributed by atoms with Gasteiger partial charge in [0.25, 0.3) is 0 Å². The second-order valence-electron chi connectivity index (χ2n) is 5.40. The predicted octanol–water partition coefficient (Wildman–Crippen LogP) is 4.44. The minimum atomic E-state index is 0.604. The second kappa shape index (κ2) is 7.16. The summed E-state index contributed by atoms with van der Waals surface area (Å²) in [5.41, 5.74) is 1.29. The summed E-state index contributed by atoms with van der Waals surface area (Å²) < 4.78 is 0. The number of rotatable bonds is 6. The van der Waals surface area contributed by atoms with Gasteiger partial charge in [0.05, 0.1) is 0 Å². The highest BCUT2D eigenvalue weighted by atomic mass is 35.5. The van der Waals surface area contributed by atoms with Crippen LogP contribution < -0.4 is 5.32 Å². The van der Waals surface area contributed by atoms with Gasteiger partial charge in [0, 0.05) is 11.1 Å². The Labute approximate surface area is 116 Å². The highest BCUT2D eigenvalue weighted by Crippen LogP contribution is 2.30. The lowest BCUT2D eigenvalue weighted by Gasteiger charge is -2.25. The van der Waals surface area contributed by atoms with Crippen molar-refractivity contribution in [3.05, 3.63) is 34.9 Å². The van der Waals surface area contributed by atoms with Crippen molar-refractivity contribution in [2.24, 2.45) is 5.92 Å². The molecule has 100 valence electrons. The average Bonchev–Trinajstić information content (AvgIpc) is 2.90.